The van der Waals surface area contributed by atoms with Crippen LogP contribution in [0.25, 0.3) is 0 Å². The molecule has 1 saturated heterocycles. The van der Waals surface area contributed by atoms with Gasteiger partial charge in [0.05, 0.1) is 6.54 Å². The van der Waals surface area contributed by atoms with Gasteiger partial charge in [0.1, 0.15) is 24.5 Å². The molecule has 1 aromatic heterocycles. The van der Waals surface area contributed by atoms with Gasteiger partial charge in [-0.3, -0.25) is 14.6 Å². The lowest BCUT2D eigenvalue weighted by molar-refractivity contribution is 0.152. The van der Waals surface area contributed by atoms with Gasteiger partial charge in [-0.2, -0.15) is 5.10 Å². The Morgan fingerprint density at radius 2 is 1.93 bits per heavy atom. The monoisotopic (exact) mass is 485 g/mol. The van der Waals surface area contributed by atoms with Crippen LogP contribution in [0.5, 0.6) is 5.75 Å². The Bertz CT molecular complexity index is 699. The maximum absolute atomic E-state index is 5.79. The maximum Gasteiger partial charge on any atom is 0.194 e. The number of benzene rings is 1. The predicted octanol–water partition coefficient (Wildman–Crippen LogP) is 1.21. The summed E-state index contributed by atoms with van der Waals surface area (Å²) < 4.78 is 7.56. The highest BCUT2D eigenvalue weighted by Gasteiger charge is 2.19. The van der Waals surface area contributed by atoms with E-state index in [0.717, 1.165) is 50.3 Å². The summed E-state index contributed by atoms with van der Waals surface area (Å²) in [6.07, 6.45) is 1.57. The molecule has 1 aliphatic heterocycles. The molecule has 0 radical (unpaired) electrons. The first-order valence-corrected chi connectivity index (χ1v) is 8.95. The van der Waals surface area contributed by atoms with Crippen LogP contribution in [0.4, 0.5) is 0 Å². The zero-order chi connectivity index (χ0) is 18.2. The van der Waals surface area contributed by atoms with Crippen molar-refractivity contribution in [1.82, 2.24) is 29.9 Å². The molecule has 0 saturated carbocycles. The van der Waals surface area contributed by atoms with Crippen molar-refractivity contribution >= 4 is 29.9 Å². The summed E-state index contributed by atoms with van der Waals surface area (Å²) in [5.74, 6) is 2.73. The van der Waals surface area contributed by atoms with Crippen LogP contribution in [0.15, 0.2) is 41.7 Å². The second kappa shape index (κ2) is 11.1. The van der Waals surface area contributed by atoms with Gasteiger partial charge in [0.25, 0.3) is 0 Å². The zero-order valence-electron chi connectivity index (χ0n) is 15.9. The number of guanidine groups is 1. The van der Waals surface area contributed by atoms with Crippen molar-refractivity contribution in [3.8, 4) is 5.75 Å². The van der Waals surface area contributed by atoms with Crippen molar-refractivity contribution in [3.05, 3.63) is 42.5 Å². The van der Waals surface area contributed by atoms with E-state index in [0.29, 0.717) is 13.2 Å². The normalized spacial score (nSPS) is 15.3. The molecule has 3 rings (SSSR count). The highest BCUT2D eigenvalue weighted by atomic mass is 127. The number of rotatable bonds is 6. The quantitative estimate of drug-likeness (QED) is 0.377. The van der Waals surface area contributed by atoms with Crippen LogP contribution in [0.2, 0.25) is 0 Å². The predicted molar refractivity (Wildman–Crippen MR) is 117 cm³/mol. The fraction of sp³-hybridized carbons (Fsp3) is 0.500. The van der Waals surface area contributed by atoms with E-state index in [9.17, 15) is 0 Å². The molecule has 27 heavy (non-hydrogen) atoms. The molecule has 0 aliphatic carbocycles. The first-order valence-electron chi connectivity index (χ1n) is 8.95. The Hall–Kier alpha value is -1.88. The number of hydrogen-bond acceptors (Lipinski definition) is 5. The molecule has 0 atom stereocenters. The third-order valence-corrected chi connectivity index (χ3v) is 4.51. The van der Waals surface area contributed by atoms with Crippen LogP contribution >= 0.6 is 24.0 Å². The molecule has 0 unspecified atom stereocenters. The minimum absolute atomic E-state index is 0. The maximum atomic E-state index is 5.79. The van der Waals surface area contributed by atoms with Crippen molar-refractivity contribution in [2.45, 2.75) is 6.54 Å². The number of ether oxygens (including phenoxy) is 1. The number of aryl methyl sites for hydroxylation is 1. The lowest BCUT2D eigenvalue weighted by Crippen LogP contribution is -2.53. The first-order chi connectivity index (χ1) is 12.8. The molecule has 2 aromatic rings. The number of para-hydroxylation sites is 1. The summed E-state index contributed by atoms with van der Waals surface area (Å²) in [6, 6.07) is 9.97. The smallest absolute Gasteiger partial charge is 0.194 e. The number of aromatic nitrogens is 3. The zero-order valence-corrected chi connectivity index (χ0v) is 18.2. The van der Waals surface area contributed by atoms with E-state index in [1.54, 1.807) is 11.0 Å². The average Bonchev–Trinajstić information content (AvgIpc) is 3.09. The summed E-state index contributed by atoms with van der Waals surface area (Å²) >= 11 is 0. The fourth-order valence-electron chi connectivity index (χ4n) is 2.96. The van der Waals surface area contributed by atoms with Gasteiger partial charge in [-0.1, -0.05) is 18.2 Å². The molecule has 1 N–H and O–H groups in total. The van der Waals surface area contributed by atoms with Crippen molar-refractivity contribution in [2.75, 3.05) is 46.4 Å². The van der Waals surface area contributed by atoms with Gasteiger partial charge in [-0.15, -0.1) is 24.0 Å². The second-order valence-corrected chi connectivity index (χ2v) is 6.19. The number of piperazine rings is 1. The van der Waals surface area contributed by atoms with E-state index in [1.165, 1.54) is 0 Å². The third-order valence-electron chi connectivity index (χ3n) is 4.51. The van der Waals surface area contributed by atoms with Crippen LogP contribution in [0.1, 0.15) is 5.82 Å². The SMILES string of the molecule is CN=C(NCc1ncnn1C)N1CCN(CCOc2ccccc2)CC1.I. The van der Waals surface area contributed by atoms with E-state index < -0.39 is 0 Å². The minimum Gasteiger partial charge on any atom is -0.492 e. The van der Waals surface area contributed by atoms with Gasteiger partial charge in [0.15, 0.2) is 5.96 Å². The van der Waals surface area contributed by atoms with E-state index >= 15 is 0 Å². The lowest BCUT2D eigenvalue weighted by Gasteiger charge is -2.36. The molecular formula is C18H28IN7O. The van der Waals surface area contributed by atoms with Crippen molar-refractivity contribution < 1.29 is 4.74 Å². The van der Waals surface area contributed by atoms with Crippen LogP contribution in [0, 0.1) is 0 Å². The largest absolute Gasteiger partial charge is 0.492 e. The highest BCUT2D eigenvalue weighted by Crippen LogP contribution is 2.09. The van der Waals surface area contributed by atoms with Gasteiger partial charge < -0.3 is 15.0 Å². The molecule has 2 heterocycles. The lowest BCUT2D eigenvalue weighted by atomic mass is 10.3. The summed E-state index contributed by atoms with van der Waals surface area (Å²) in [4.78, 5) is 13.3. The summed E-state index contributed by atoms with van der Waals surface area (Å²) in [6.45, 7) is 6.17. The Morgan fingerprint density at radius 3 is 2.56 bits per heavy atom. The Kier molecular flexibility index (Phi) is 8.79. The van der Waals surface area contributed by atoms with Gasteiger partial charge in [-0.05, 0) is 12.1 Å². The van der Waals surface area contributed by atoms with E-state index in [1.807, 2.05) is 44.4 Å². The number of nitrogens with zero attached hydrogens (tertiary/aromatic N) is 6. The van der Waals surface area contributed by atoms with Crippen LogP contribution in [0.3, 0.4) is 0 Å². The van der Waals surface area contributed by atoms with Crippen LogP contribution in [-0.2, 0) is 13.6 Å². The molecule has 0 bridgehead atoms. The van der Waals surface area contributed by atoms with E-state index in [-0.39, 0.29) is 24.0 Å². The van der Waals surface area contributed by atoms with Crippen molar-refractivity contribution in [2.24, 2.45) is 12.0 Å². The number of hydrogen-bond donors (Lipinski definition) is 1. The van der Waals surface area contributed by atoms with Gasteiger partial charge in [0, 0.05) is 46.8 Å². The standard InChI is InChI=1S/C18H27N7O.HI/c1-19-18(20-14-17-21-15-22-23(17)2)25-10-8-24(9-11-25)12-13-26-16-6-4-3-5-7-16;/h3-7,15H,8-14H2,1-2H3,(H,19,20);1H. The fourth-order valence-corrected chi connectivity index (χ4v) is 2.96. The van der Waals surface area contributed by atoms with Crippen LogP contribution in [-0.4, -0.2) is 76.9 Å². The average molecular weight is 485 g/mol. The number of aliphatic imine (C=N–C) groups is 1. The summed E-state index contributed by atoms with van der Waals surface area (Å²) in [5.41, 5.74) is 0. The van der Waals surface area contributed by atoms with Gasteiger partial charge in [-0.25, -0.2) is 4.98 Å². The summed E-state index contributed by atoms with van der Waals surface area (Å²) in [5, 5.41) is 7.46. The van der Waals surface area contributed by atoms with Crippen LogP contribution < -0.4 is 10.1 Å². The first kappa shape index (κ1) is 21.4. The van der Waals surface area contributed by atoms with E-state index in [4.69, 9.17) is 4.74 Å². The molecule has 0 spiro atoms. The molecular weight excluding hydrogens is 457 g/mol. The van der Waals surface area contributed by atoms with Crippen molar-refractivity contribution in [1.29, 1.82) is 0 Å². The third kappa shape index (κ3) is 6.35. The Morgan fingerprint density at radius 1 is 1.19 bits per heavy atom. The van der Waals surface area contributed by atoms with Crippen molar-refractivity contribution in [3.63, 3.8) is 0 Å². The van der Waals surface area contributed by atoms with Gasteiger partial charge in [0.2, 0.25) is 0 Å². The number of halogens is 1. The molecule has 1 aromatic carbocycles. The molecule has 0 amide bonds. The summed E-state index contributed by atoms with van der Waals surface area (Å²) in [7, 11) is 3.71. The topological polar surface area (TPSA) is 70.8 Å². The second-order valence-electron chi connectivity index (χ2n) is 6.19. The molecule has 1 aliphatic rings. The Labute approximate surface area is 177 Å². The molecule has 9 heteroatoms. The van der Waals surface area contributed by atoms with E-state index in [2.05, 4.69) is 30.2 Å². The minimum atomic E-state index is 0. The van der Waals surface area contributed by atoms with Gasteiger partial charge >= 0.3 is 0 Å². The molecule has 8 nitrogen and oxygen atoms in total. The molecule has 1 fully saturated rings. The number of nitrogens with one attached hydrogen (secondary N) is 1. The highest BCUT2D eigenvalue weighted by molar-refractivity contribution is 14.0. The molecule has 148 valence electrons. The Balaban J connectivity index is 0.00000261.